The minimum atomic E-state index is -0.649. The molecule has 1 aliphatic rings. The average molecular weight is 203 g/mol. The van der Waals surface area contributed by atoms with Crippen LogP contribution in [0.5, 0.6) is 0 Å². The lowest BCUT2D eigenvalue weighted by atomic mass is 9.87. The first-order valence-electron chi connectivity index (χ1n) is 5.40. The molecule has 1 fully saturated rings. The smallest absolute Gasteiger partial charge is 0.0894 e. The Labute approximate surface area is 85.0 Å². The van der Waals surface area contributed by atoms with E-state index in [0.29, 0.717) is 12.5 Å². The lowest BCUT2D eigenvalue weighted by Crippen LogP contribution is -2.34. The highest BCUT2D eigenvalue weighted by Crippen LogP contribution is 2.23. The topological polar surface area (TPSA) is 72.7 Å². The third kappa shape index (κ3) is 4.37. The molecule has 0 spiro atoms. The maximum absolute atomic E-state index is 9.29. The molecule has 0 radical (unpaired) electrons. The summed E-state index contributed by atoms with van der Waals surface area (Å²) in [6, 6.07) is 0. The molecule has 84 valence electrons. The normalized spacial score (nSPS) is 30.2. The SMILES string of the molecule is OCC(O)CNCC1CCC(O)CC1. The molecule has 4 heteroatoms. The van der Waals surface area contributed by atoms with Gasteiger partial charge in [-0.3, -0.25) is 0 Å². The van der Waals surface area contributed by atoms with Gasteiger partial charge in [-0.2, -0.15) is 0 Å². The van der Waals surface area contributed by atoms with Gasteiger partial charge in [0.25, 0.3) is 0 Å². The standard InChI is InChI=1S/C10H21NO3/c12-7-10(14)6-11-5-8-1-3-9(13)4-2-8/h8-14H,1-7H2. The maximum Gasteiger partial charge on any atom is 0.0894 e. The number of rotatable bonds is 5. The molecule has 0 aromatic rings. The maximum atomic E-state index is 9.29. The van der Waals surface area contributed by atoms with Crippen molar-refractivity contribution >= 4 is 0 Å². The van der Waals surface area contributed by atoms with Gasteiger partial charge in [-0.25, -0.2) is 0 Å². The van der Waals surface area contributed by atoms with Crippen molar-refractivity contribution in [1.82, 2.24) is 5.32 Å². The Balaban J connectivity index is 2.02. The summed E-state index contributed by atoms with van der Waals surface area (Å²) in [7, 11) is 0. The summed E-state index contributed by atoms with van der Waals surface area (Å²) in [4.78, 5) is 0. The lowest BCUT2D eigenvalue weighted by Gasteiger charge is -2.25. The van der Waals surface area contributed by atoms with Gasteiger partial charge in [-0.05, 0) is 38.1 Å². The van der Waals surface area contributed by atoms with E-state index in [1.807, 2.05) is 0 Å². The van der Waals surface area contributed by atoms with Gasteiger partial charge in [0.05, 0.1) is 18.8 Å². The van der Waals surface area contributed by atoms with E-state index in [1.54, 1.807) is 0 Å². The van der Waals surface area contributed by atoms with Gasteiger partial charge in [-0.1, -0.05) is 0 Å². The highest BCUT2D eigenvalue weighted by atomic mass is 16.3. The molecule has 1 atom stereocenters. The van der Waals surface area contributed by atoms with Crippen LogP contribution in [-0.4, -0.2) is 47.2 Å². The van der Waals surface area contributed by atoms with E-state index >= 15 is 0 Å². The van der Waals surface area contributed by atoms with Crippen LogP contribution in [0.15, 0.2) is 0 Å². The minimum absolute atomic E-state index is 0.103. The van der Waals surface area contributed by atoms with Crippen molar-refractivity contribution in [2.24, 2.45) is 5.92 Å². The van der Waals surface area contributed by atoms with Gasteiger partial charge in [0.15, 0.2) is 0 Å². The molecule has 1 saturated carbocycles. The third-order valence-corrected chi connectivity index (χ3v) is 2.84. The van der Waals surface area contributed by atoms with Gasteiger partial charge >= 0.3 is 0 Å². The van der Waals surface area contributed by atoms with Crippen LogP contribution in [0, 0.1) is 5.92 Å². The molecule has 1 aliphatic carbocycles. The molecule has 1 rings (SSSR count). The van der Waals surface area contributed by atoms with Crippen molar-refractivity contribution in [2.75, 3.05) is 19.7 Å². The van der Waals surface area contributed by atoms with Crippen LogP contribution in [0.3, 0.4) is 0 Å². The van der Waals surface area contributed by atoms with Crippen LogP contribution in [0.25, 0.3) is 0 Å². The molecule has 4 nitrogen and oxygen atoms in total. The summed E-state index contributed by atoms with van der Waals surface area (Å²) < 4.78 is 0. The Kier molecular flexibility index (Phi) is 5.40. The van der Waals surface area contributed by atoms with E-state index in [-0.39, 0.29) is 12.7 Å². The number of hydrogen-bond donors (Lipinski definition) is 4. The van der Waals surface area contributed by atoms with Crippen LogP contribution in [0.1, 0.15) is 25.7 Å². The fourth-order valence-electron chi connectivity index (χ4n) is 1.87. The van der Waals surface area contributed by atoms with Crippen LogP contribution in [0.2, 0.25) is 0 Å². The highest BCUT2D eigenvalue weighted by molar-refractivity contribution is 4.73. The van der Waals surface area contributed by atoms with Crippen molar-refractivity contribution in [1.29, 1.82) is 0 Å². The monoisotopic (exact) mass is 203 g/mol. The second-order valence-corrected chi connectivity index (χ2v) is 4.17. The minimum Gasteiger partial charge on any atom is -0.394 e. The molecule has 0 amide bonds. The van der Waals surface area contributed by atoms with E-state index in [4.69, 9.17) is 10.2 Å². The van der Waals surface area contributed by atoms with Crippen molar-refractivity contribution in [3.05, 3.63) is 0 Å². The van der Waals surface area contributed by atoms with Gasteiger partial charge in [0.1, 0.15) is 0 Å². The molecule has 1 unspecified atom stereocenters. The quantitative estimate of drug-likeness (QED) is 0.485. The summed E-state index contributed by atoms with van der Waals surface area (Å²) in [5.74, 6) is 0.615. The Morgan fingerprint density at radius 1 is 1.21 bits per heavy atom. The fourth-order valence-corrected chi connectivity index (χ4v) is 1.87. The van der Waals surface area contributed by atoms with Crippen molar-refractivity contribution in [3.63, 3.8) is 0 Å². The summed E-state index contributed by atoms with van der Waals surface area (Å²) >= 11 is 0. The molecule has 0 aromatic heterocycles. The van der Waals surface area contributed by atoms with Crippen LogP contribution >= 0.6 is 0 Å². The molecular weight excluding hydrogens is 182 g/mol. The summed E-state index contributed by atoms with van der Waals surface area (Å²) in [5, 5.41) is 30.1. The van der Waals surface area contributed by atoms with Gasteiger partial charge in [0.2, 0.25) is 0 Å². The number of aliphatic hydroxyl groups is 3. The van der Waals surface area contributed by atoms with Crippen LogP contribution in [0.4, 0.5) is 0 Å². The Bertz CT molecular complexity index is 146. The van der Waals surface area contributed by atoms with Crippen LogP contribution < -0.4 is 5.32 Å². The van der Waals surface area contributed by atoms with E-state index in [2.05, 4.69) is 5.32 Å². The zero-order chi connectivity index (χ0) is 10.4. The molecule has 0 aromatic carbocycles. The van der Waals surface area contributed by atoms with Crippen molar-refractivity contribution in [2.45, 2.75) is 37.9 Å². The van der Waals surface area contributed by atoms with Crippen LogP contribution in [-0.2, 0) is 0 Å². The summed E-state index contributed by atoms with van der Waals surface area (Å²) in [5.41, 5.74) is 0. The predicted octanol–water partition coefficient (Wildman–Crippen LogP) is -0.520. The molecular formula is C10H21NO3. The Morgan fingerprint density at radius 3 is 2.43 bits per heavy atom. The molecule has 0 aliphatic heterocycles. The summed E-state index contributed by atoms with van der Waals surface area (Å²) in [6.07, 6.45) is 3.16. The number of nitrogens with one attached hydrogen (secondary N) is 1. The molecule has 0 bridgehead atoms. The van der Waals surface area contributed by atoms with Gasteiger partial charge in [-0.15, -0.1) is 0 Å². The van der Waals surface area contributed by atoms with E-state index in [0.717, 1.165) is 32.2 Å². The van der Waals surface area contributed by atoms with E-state index < -0.39 is 6.10 Å². The second kappa shape index (κ2) is 6.35. The van der Waals surface area contributed by atoms with E-state index in [9.17, 15) is 5.11 Å². The molecule has 4 N–H and O–H groups in total. The number of aliphatic hydroxyl groups excluding tert-OH is 3. The first-order valence-corrected chi connectivity index (χ1v) is 5.40. The van der Waals surface area contributed by atoms with Crippen molar-refractivity contribution in [3.8, 4) is 0 Å². The number of hydrogen-bond acceptors (Lipinski definition) is 4. The molecule has 0 heterocycles. The Morgan fingerprint density at radius 2 is 1.86 bits per heavy atom. The second-order valence-electron chi connectivity index (χ2n) is 4.17. The predicted molar refractivity (Wildman–Crippen MR) is 53.9 cm³/mol. The first-order chi connectivity index (χ1) is 6.72. The zero-order valence-electron chi connectivity index (χ0n) is 8.52. The molecule has 14 heavy (non-hydrogen) atoms. The van der Waals surface area contributed by atoms with Gasteiger partial charge in [0, 0.05) is 6.54 Å². The first kappa shape index (κ1) is 11.9. The van der Waals surface area contributed by atoms with Crippen molar-refractivity contribution < 1.29 is 15.3 Å². The third-order valence-electron chi connectivity index (χ3n) is 2.84. The largest absolute Gasteiger partial charge is 0.394 e. The fraction of sp³-hybridized carbons (Fsp3) is 1.00. The Hall–Kier alpha value is -0.160. The molecule has 0 saturated heterocycles. The lowest BCUT2D eigenvalue weighted by molar-refractivity contribution is 0.0878. The van der Waals surface area contributed by atoms with E-state index in [1.165, 1.54) is 0 Å². The highest BCUT2D eigenvalue weighted by Gasteiger charge is 2.18. The average Bonchev–Trinajstić information content (AvgIpc) is 2.21. The van der Waals surface area contributed by atoms with Gasteiger partial charge < -0.3 is 20.6 Å². The zero-order valence-corrected chi connectivity index (χ0v) is 8.52. The summed E-state index contributed by atoms with van der Waals surface area (Å²) in [6.45, 7) is 1.15.